The molecule has 0 fully saturated rings. The number of amides is 1. The SMILES string of the molecule is CC(C)N(CC#N)C(=O)c1c(O)cccc1O. The number of hydrogen-bond acceptors (Lipinski definition) is 4. The second-order valence-corrected chi connectivity index (χ2v) is 3.86. The van der Waals surface area contributed by atoms with Crippen molar-refractivity contribution in [3.05, 3.63) is 23.8 Å². The van der Waals surface area contributed by atoms with Crippen LogP contribution in [0.5, 0.6) is 11.5 Å². The van der Waals surface area contributed by atoms with Crippen LogP contribution >= 0.6 is 0 Å². The Hall–Kier alpha value is -2.22. The maximum atomic E-state index is 12.1. The monoisotopic (exact) mass is 234 g/mol. The molecular formula is C12H14N2O3. The molecule has 0 aromatic heterocycles. The molecule has 0 aliphatic rings. The molecule has 0 aliphatic heterocycles. The van der Waals surface area contributed by atoms with E-state index in [4.69, 9.17) is 5.26 Å². The van der Waals surface area contributed by atoms with E-state index in [0.717, 1.165) is 0 Å². The Kier molecular flexibility index (Phi) is 3.94. The highest BCUT2D eigenvalue weighted by atomic mass is 16.3. The summed E-state index contributed by atoms with van der Waals surface area (Å²) in [7, 11) is 0. The molecule has 0 unspecified atom stereocenters. The molecule has 0 radical (unpaired) electrons. The molecule has 1 amide bonds. The average Bonchev–Trinajstić information content (AvgIpc) is 2.24. The summed E-state index contributed by atoms with van der Waals surface area (Å²) in [6.45, 7) is 3.42. The van der Waals surface area contributed by atoms with Crippen molar-refractivity contribution in [2.75, 3.05) is 6.54 Å². The van der Waals surface area contributed by atoms with Crippen molar-refractivity contribution in [2.45, 2.75) is 19.9 Å². The van der Waals surface area contributed by atoms with Crippen LogP contribution in [-0.4, -0.2) is 33.6 Å². The summed E-state index contributed by atoms with van der Waals surface area (Å²) in [5, 5.41) is 27.8. The minimum absolute atomic E-state index is 0.0930. The molecule has 2 N–H and O–H groups in total. The first-order chi connectivity index (χ1) is 7.99. The van der Waals surface area contributed by atoms with Crippen LogP contribution in [0.15, 0.2) is 18.2 Å². The summed E-state index contributed by atoms with van der Waals surface area (Å²) in [6.07, 6.45) is 0. The Morgan fingerprint density at radius 3 is 2.35 bits per heavy atom. The summed E-state index contributed by atoms with van der Waals surface area (Å²) >= 11 is 0. The molecule has 1 rings (SSSR count). The predicted octanol–water partition coefficient (Wildman–Crippen LogP) is 1.47. The van der Waals surface area contributed by atoms with Crippen LogP contribution in [0.3, 0.4) is 0 Å². The van der Waals surface area contributed by atoms with E-state index in [-0.39, 0.29) is 29.6 Å². The van der Waals surface area contributed by atoms with E-state index in [1.165, 1.54) is 23.1 Å². The summed E-state index contributed by atoms with van der Waals surface area (Å²) in [4.78, 5) is 13.3. The van der Waals surface area contributed by atoms with E-state index in [0.29, 0.717) is 0 Å². The van der Waals surface area contributed by atoms with Gasteiger partial charge in [0.1, 0.15) is 23.6 Å². The number of hydrogen-bond donors (Lipinski definition) is 2. The van der Waals surface area contributed by atoms with Gasteiger partial charge in [0.2, 0.25) is 0 Å². The molecule has 5 heteroatoms. The number of carbonyl (C=O) groups is 1. The van der Waals surface area contributed by atoms with Gasteiger partial charge in [-0.05, 0) is 26.0 Å². The quantitative estimate of drug-likeness (QED) is 0.775. The van der Waals surface area contributed by atoms with Crippen LogP contribution in [0, 0.1) is 11.3 Å². The average molecular weight is 234 g/mol. The maximum Gasteiger partial charge on any atom is 0.262 e. The fourth-order valence-electron chi connectivity index (χ4n) is 1.46. The summed E-state index contributed by atoms with van der Waals surface area (Å²) in [6, 6.07) is 5.76. The second-order valence-electron chi connectivity index (χ2n) is 3.86. The lowest BCUT2D eigenvalue weighted by Crippen LogP contribution is -2.37. The van der Waals surface area contributed by atoms with Crippen LogP contribution in [0.2, 0.25) is 0 Å². The van der Waals surface area contributed by atoms with Gasteiger partial charge in [-0.1, -0.05) is 6.07 Å². The summed E-state index contributed by atoms with van der Waals surface area (Å²) in [5.74, 6) is -1.14. The Bertz CT molecular complexity index is 443. The van der Waals surface area contributed by atoms with Gasteiger partial charge >= 0.3 is 0 Å². The minimum atomic E-state index is -0.558. The topological polar surface area (TPSA) is 84.6 Å². The van der Waals surface area contributed by atoms with Crippen LogP contribution in [-0.2, 0) is 0 Å². The van der Waals surface area contributed by atoms with Crippen molar-refractivity contribution >= 4 is 5.91 Å². The van der Waals surface area contributed by atoms with Gasteiger partial charge in [-0.15, -0.1) is 0 Å². The lowest BCUT2D eigenvalue weighted by atomic mass is 10.1. The van der Waals surface area contributed by atoms with E-state index in [2.05, 4.69) is 0 Å². The highest BCUT2D eigenvalue weighted by Gasteiger charge is 2.23. The fraction of sp³-hybridized carbons (Fsp3) is 0.333. The Morgan fingerprint density at radius 2 is 1.94 bits per heavy atom. The Balaban J connectivity index is 3.15. The highest BCUT2D eigenvalue weighted by Crippen LogP contribution is 2.28. The number of phenolic OH excluding ortho intramolecular Hbond substituents is 2. The summed E-state index contributed by atoms with van der Waals surface area (Å²) < 4.78 is 0. The van der Waals surface area contributed by atoms with Crippen LogP contribution in [0.4, 0.5) is 0 Å². The smallest absolute Gasteiger partial charge is 0.262 e. The number of carbonyl (C=O) groups excluding carboxylic acids is 1. The molecule has 0 bridgehead atoms. The van der Waals surface area contributed by atoms with Gasteiger partial charge in [0, 0.05) is 6.04 Å². The van der Waals surface area contributed by atoms with Crippen molar-refractivity contribution in [2.24, 2.45) is 0 Å². The number of nitriles is 1. The third-order valence-electron chi connectivity index (χ3n) is 2.36. The van der Waals surface area contributed by atoms with E-state index in [9.17, 15) is 15.0 Å². The van der Waals surface area contributed by atoms with Gasteiger partial charge in [0.25, 0.3) is 5.91 Å². The van der Waals surface area contributed by atoms with Gasteiger partial charge in [0.05, 0.1) is 6.07 Å². The van der Waals surface area contributed by atoms with E-state index in [1.54, 1.807) is 13.8 Å². The van der Waals surface area contributed by atoms with Crippen molar-refractivity contribution in [3.63, 3.8) is 0 Å². The van der Waals surface area contributed by atoms with Crippen LogP contribution in [0.1, 0.15) is 24.2 Å². The van der Waals surface area contributed by atoms with E-state index < -0.39 is 5.91 Å². The zero-order chi connectivity index (χ0) is 13.0. The molecule has 0 heterocycles. The highest BCUT2D eigenvalue weighted by molar-refractivity contribution is 5.99. The fourth-order valence-corrected chi connectivity index (χ4v) is 1.46. The van der Waals surface area contributed by atoms with Crippen molar-refractivity contribution in [3.8, 4) is 17.6 Å². The lowest BCUT2D eigenvalue weighted by molar-refractivity contribution is 0.0725. The number of rotatable bonds is 3. The molecular weight excluding hydrogens is 220 g/mol. The summed E-state index contributed by atoms with van der Waals surface area (Å²) in [5.41, 5.74) is -0.170. The van der Waals surface area contributed by atoms with Crippen LogP contribution < -0.4 is 0 Å². The number of aromatic hydroxyl groups is 2. The number of benzene rings is 1. The zero-order valence-corrected chi connectivity index (χ0v) is 9.71. The lowest BCUT2D eigenvalue weighted by Gasteiger charge is -2.24. The molecule has 0 atom stereocenters. The van der Waals surface area contributed by atoms with Gasteiger partial charge in [-0.3, -0.25) is 4.79 Å². The molecule has 90 valence electrons. The first kappa shape index (κ1) is 12.8. The molecule has 0 saturated heterocycles. The first-order valence-electron chi connectivity index (χ1n) is 5.18. The molecule has 0 saturated carbocycles. The minimum Gasteiger partial charge on any atom is -0.507 e. The molecule has 17 heavy (non-hydrogen) atoms. The molecule has 5 nitrogen and oxygen atoms in total. The maximum absolute atomic E-state index is 12.1. The molecule has 1 aromatic rings. The largest absolute Gasteiger partial charge is 0.507 e. The standard InChI is InChI=1S/C12H14N2O3/c1-8(2)14(7-6-13)12(17)11-9(15)4-3-5-10(11)16/h3-5,8,15-16H,7H2,1-2H3. The molecule has 1 aromatic carbocycles. The predicted molar refractivity (Wildman–Crippen MR) is 61.6 cm³/mol. The Morgan fingerprint density at radius 1 is 1.41 bits per heavy atom. The third kappa shape index (κ3) is 2.67. The van der Waals surface area contributed by atoms with Gasteiger partial charge in [-0.25, -0.2) is 0 Å². The Labute approximate surface area is 99.5 Å². The normalized spacial score (nSPS) is 10.0. The zero-order valence-electron chi connectivity index (χ0n) is 9.71. The van der Waals surface area contributed by atoms with Crippen molar-refractivity contribution in [1.82, 2.24) is 4.90 Å². The van der Waals surface area contributed by atoms with E-state index >= 15 is 0 Å². The van der Waals surface area contributed by atoms with Gasteiger partial charge in [-0.2, -0.15) is 5.26 Å². The molecule has 0 aliphatic carbocycles. The third-order valence-corrected chi connectivity index (χ3v) is 2.36. The number of nitrogens with zero attached hydrogens (tertiary/aromatic N) is 2. The van der Waals surface area contributed by atoms with Gasteiger partial charge < -0.3 is 15.1 Å². The van der Waals surface area contributed by atoms with Crippen molar-refractivity contribution in [1.29, 1.82) is 5.26 Å². The van der Waals surface area contributed by atoms with E-state index in [1.807, 2.05) is 6.07 Å². The molecule has 0 spiro atoms. The number of phenols is 2. The second kappa shape index (κ2) is 5.21. The van der Waals surface area contributed by atoms with Crippen molar-refractivity contribution < 1.29 is 15.0 Å². The van der Waals surface area contributed by atoms with Crippen LogP contribution in [0.25, 0.3) is 0 Å². The first-order valence-corrected chi connectivity index (χ1v) is 5.18. The van der Waals surface area contributed by atoms with Gasteiger partial charge in [0.15, 0.2) is 0 Å².